The summed E-state index contributed by atoms with van der Waals surface area (Å²) in [4.78, 5) is 15.9. The van der Waals surface area contributed by atoms with Crippen LogP contribution < -0.4 is 5.32 Å². The summed E-state index contributed by atoms with van der Waals surface area (Å²) in [7, 11) is 0. The van der Waals surface area contributed by atoms with Crippen LogP contribution in [0.2, 0.25) is 0 Å². The van der Waals surface area contributed by atoms with E-state index in [2.05, 4.69) is 41.5 Å². The average molecular weight is 325 g/mol. The topological polar surface area (TPSA) is 42.0 Å². The number of carbonyl (C=O) groups is 1. The molecule has 0 fully saturated rings. The van der Waals surface area contributed by atoms with Gasteiger partial charge in [-0.1, -0.05) is 35.9 Å². The number of hydrogen-bond acceptors (Lipinski definition) is 2. The molecule has 0 saturated carbocycles. The lowest BCUT2D eigenvalue weighted by Gasteiger charge is -2.18. The number of benzene rings is 1. The van der Waals surface area contributed by atoms with Crippen molar-refractivity contribution in [2.75, 3.05) is 5.88 Å². The van der Waals surface area contributed by atoms with Gasteiger partial charge in [0.25, 0.3) is 0 Å². The van der Waals surface area contributed by atoms with Gasteiger partial charge in [0.1, 0.15) is 5.88 Å². The standard InChI is InChI=1S/C16H17ClN2O.ClH/c1-12-5-7-13(8-6-12)10-15(19-16(20)11-17)14-4-2-3-9-18-14;/h2-9,15H,10-11H2,1H3,(H,19,20);1H. The van der Waals surface area contributed by atoms with Gasteiger partial charge in [0, 0.05) is 6.20 Å². The summed E-state index contributed by atoms with van der Waals surface area (Å²) in [5, 5.41) is 2.91. The van der Waals surface area contributed by atoms with Crippen molar-refractivity contribution in [3.8, 4) is 0 Å². The SMILES string of the molecule is Cc1ccc(CC(NC(=O)CCl)c2ccccn2)cc1.Cl. The Kier molecular flexibility index (Phi) is 7.20. The van der Waals surface area contributed by atoms with Crippen LogP contribution in [0.25, 0.3) is 0 Å². The van der Waals surface area contributed by atoms with Crippen LogP contribution in [-0.4, -0.2) is 16.8 Å². The normalized spacial score (nSPS) is 11.3. The van der Waals surface area contributed by atoms with Crippen molar-refractivity contribution in [3.05, 3.63) is 65.5 Å². The van der Waals surface area contributed by atoms with Crippen molar-refractivity contribution < 1.29 is 4.79 Å². The van der Waals surface area contributed by atoms with Gasteiger partial charge in [0.2, 0.25) is 5.91 Å². The van der Waals surface area contributed by atoms with Gasteiger partial charge in [0.05, 0.1) is 11.7 Å². The maximum atomic E-state index is 11.6. The van der Waals surface area contributed by atoms with E-state index in [1.165, 1.54) is 5.56 Å². The lowest BCUT2D eigenvalue weighted by atomic mass is 10.0. The van der Waals surface area contributed by atoms with Gasteiger partial charge in [-0.05, 0) is 31.0 Å². The average Bonchev–Trinajstić information content (AvgIpc) is 2.49. The Bertz CT molecular complexity index is 558. The fourth-order valence-corrected chi connectivity index (χ4v) is 2.08. The monoisotopic (exact) mass is 324 g/mol. The maximum Gasteiger partial charge on any atom is 0.235 e. The van der Waals surface area contributed by atoms with E-state index in [4.69, 9.17) is 11.6 Å². The van der Waals surface area contributed by atoms with Crippen LogP contribution in [0.1, 0.15) is 22.9 Å². The molecule has 1 unspecified atom stereocenters. The first kappa shape index (κ1) is 17.5. The number of carbonyl (C=O) groups excluding carboxylic acids is 1. The Morgan fingerprint density at radius 3 is 2.52 bits per heavy atom. The number of nitrogens with zero attached hydrogens (tertiary/aromatic N) is 1. The van der Waals surface area contributed by atoms with E-state index in [0.717, 1.165) is 11.3 Å². The number of rotatable bonds is 5. The Morgan fingerprint density at radius 2 is 1.95 bits per heavy atom. The summed E-state index contributed by atoms with van der Waals surface area (Å²) in [5.41, 5.74) is 3.21. The van der Waals surface area contributed by atoms with Crippen LogP contribution >= 0.6 is 24.0 Å². The Hall–Kier alpha value is -1.58. The van der Waals surface area contributed by atoms with Gasteiger partial charge in [-0.2, -0.15) is 0 Å². The second-order valence-corrected chi connectivity index (χ2v) is 4.97. The lowest BCUT2D eigenvalue weighted by Crippen LogP contribution is -2.31. The minimum atomic E-state index is -0.186. The molecule has 0 bridgehead atoms. The highest BCUT2D eigenvalue weighted by Gasteiger charge is 2.15. The van der Waals surface area contributed by atoms with E-state index in [0.29, 0.717) is 6.42 Å². The number of nitrogens with one attached hydrogen (secondary N) is 1. The molecule has 1 amide bonds. The number of aromatic nitrogens is 1. The Labute approximate surface area is 136 Å². The van der Waals surface area contributed by atoms with Crippen molar-refractivity contribution in [1.82, 2.24) is 10.3 Å². The molecule has 1 N–H and O–H groups in total. The van der Waals surface area contributed by atoms with Crippen molar-refractivity contribution in [2.45, 2.75) is 19.4 Å². The molecule has 2 aromatic rings. The highest BCUT2D eigenvalue weighted by Crippen LogP contribution is 2.17. The summed E-state index contributed by atoms with van der Waals surface area (Å²) < 4.78 is 0. The van der Waals surface area contributed by atoms with Crippen LogP contribution in [0.5, 0.6) is 0 Å². The highest BCUT2D eigenvalue weighted by molar-refractivity contribution is 6.27. The summed E-state index contributed by atoms with van der Waals surface area (Å²) in [6.07, 6.45) is 2.42. The molecule has 0 aliphatic carbocycles. The van der Waals surface area contributed by atoms with Crippen LogP contribution in [0.3, 0.4) is 0 Å². The van der Waals surface area contributed by atoms with Crippen molar-refractivity contribution in [1.29, 1.82) is 0 Å². The summed E-state index contributed by atoms with van der Waals surface area (Å²) in [5.74, 6) is -0.230. The van der Waals surface area contributed by atoms with Crippen molar-refractivity contribution >= 4 is 29.9 Å². The predicted octanol–water partition coefficient (Wildman–Crippen LogP) is 3.45. The van der Waals surface area contributed by atoms with Gasteiger partial charge in [-0.25, -0.2) is 0 Å². The number of aryl methyl sites for hydroxylation is 1. The number of halogens is 2. The molecule has 0 aliphatic rings. The second-order valence-electron chi connectivity index (χ2n) is 4.70. The van der Waals surface area contributed by atoms with E-state index >= 15 is 0 Å². The van der Waals surface area contributed by atoms with Gasteiger partial charge in [-0.15, -0.1) is 24.0 Å². The third-order valence-corrected chi connectivity index (χ3v) is 3.30. The van der Waals surface area contributed by atoms with E-state index < -0.39 is 0 Å². The molecule has 1 aromatic heterocycles. The van der Waals surface area contributed by atoms with Crippen LogP contribution in [0.4, 0.5) is 0 Å². The smallest absolute Gasteiger partial charge is 0.235 e. The van der Waals surface area contributed by atoms with Gasteiger partial charge in [0.15, 0.2) is 0 Å². The largest absolute Gasteiger partial charge is 0.346 e. The Morgan fingerprint density at radius 1 is 1.24 bits per heavy atom. The number of pyridine rings is 1. The number of alkyl halides is 1. The second kappa shape index (κ2) is 8.65. The first-order valence-electron chi connectivity index (χ1n) is 6.51. The third kappa shape index (κ3) is 5.37. The van der Waals surface area contributed by atoms with E-state index in [1.54, 1.807) is 6.20 Å². The van der Waals surface area contributed by atoms with E-state index in [9.17, 15) is 4.79 Å². The van der Waals surface area contributed by atoms with Crippen molar-refractivity contribution in [3.63, 3.8) is 0 Å². The fraction of sp³-hybridized carbons (Fsp3) is 0.250. The maximum absolute atomic E-state index is 11.6. The molecule has 21 heavy (non-hydrogen) atoms. The molecule has 1 heterocycles. The van der Waals surface area contributed by atoms with Crippen molar-refractivity contribution in [2.24, 2.45) is 0 Å². The van der Waals surface area contributed by atoms with E-state index in [-0.39, 0.29) is 30.2 Å². The molecular weight excluding hydrogens is 307 g/mol. The number of hydrogen-bond donors (Lipinski definition) is 1. The van der Waals surface area contributed by atoms with Gasteiger partial charge < -0.3 is 5.32 Å². The van der Waals surface area contributed by atoms with Gasteiger partial charge >= 0.3 is 0 Å². The lowest BCUT2D eigenvalue weighted by molar-refractivity contribution is -0.119. The van der Waals surface area contributed by atoms with Crippen LogP contribution in [0, 0.1) is 6.92 Å². The predicted molar refractivity (Wildman–Crippen MR) is 88.0 cm³/mol. The summed E-state index contributed by atoms with van der Waals surface area (Å²) in [6, 6.07) is 13.8. The van der Waals surface area contributed by atoms with E-state index in [1.807, 2.05) is 18.2 Å². The first-order chi connectivity index (χ1) is 9.69. The minimum absolute atomic E-state index is 0. The molecule has 5 heteroatoms. The quantitative estimate of drug-likeness (QED) is 0.856. The molecule has 2 rings (SSSR count). The molecule has 0 radical (unpaired) electrons. The molecule has 0 saturated heterocycles. The molecule has 0 spiro atoms. The fourth-order valence-electron chi connectivity index (χ4n) is 2.00. The zero-order valence-electron chi connectivity index (χ0n) is 11.8. The molecule has 1 aromatic carbocycles. The zero-order chi connectivity index (χ0) is 14.4. The minimum Gasteiger partial charge on any atom is -0.346 e. The first-order valence-corrected chi connectivity index (χ1v) is 7.04. The molecule has 112 valence electrons. The van der Waals surface area contributed by atoms with Crippen LogP contribution in [-0.2, 0) is 11.2 Å². The summed E-state index contributed by atoms with van der Waals surface area (Å²) in [6.45, 7) is 2.05. The van der Waals surface area contributed by atoms with Crippen LogP contribution in [0.15, 0.2) is 48.7 Å². The molecule has 1 atom stereocenters. The number of amides is 1. The highest BCUT2D eigenvalue weighted by atomic mass is 35.5. The zero-order valence-corrected chi connectivity index (χ0v) is 13.3. The molecule has 3 nitrogen and oxygen atoms in total. The molecule has 0 aliphatic heterocycles. The Balaban J connectivity index is 0.00000220. The van der Waals surface area contributed by atoms with Gasteiger partial charge in [-0.3, -0.25) is 9.78 Å². The molecular formula is C16H18Cl2N2O. The third-order valence-electron chi connectivity index (χ3n) is 3.06. The summed E-state index contributed by atoms with van der Waals surface area (Å²) >= 11 is 5.57.